The van der Waals surface area contributed by atoms with E-state index >= 15 is 0 Å². The van der Waals surface area contributed by atoms with E-state index in [4.69, 9.17) is 4.99 Å². The van der Waals surface area contributed by atoms with E-state index in [9.17, 15) is 0 Å². The number of rotatable bonds is 5. The summed E-state index contributed by atoms with van der Waals surface area (Å²) in [6.45, 7) is 13.0. The fourth-order valence-electron chi connectivity index (χ4n) is 3.06. The topological polar surface area (TPSA) is 12.4 Å². The highest BCUT2D eigenvalue weighted by Crippen LogP contribution is 2.33. The molecule has 0 spiro atoms. The summed E-state index contributed by atoms with van der Waals surface area (Å²) in [7, 11) is 0. The molecular weight excluding hydrogens is 302 g/mol. The number of aliphatic imine (C=N–C) groups is 1. The zero-order valence-electron chi connectivity index (χ0n) is 16.3. The minimum atomic E-state index is -0.122. The molecule has 0 aromatic heterocycles. The Morgan fingerprint density at radius 3 is 2.20 bits per heavy atom. The number of allylic oxidation sites excluding steroid dienone is 4. The maximum atomic E-state index is 4.80. The van der Waals surface area contributed by atoms with Gasteiger partial charge in [-0.2, -0.15) is 0 Å². The third kappa shape index (κ3) is 4.57. The Bertz CT molecular complexity index is 802. The van der Waals surface area contributed by atoms with E-state index in [1.807, 2.05) is 18.3 Å². The van der Waals surface area contributed by atoms with Gasteiger partial charge in [0.05, 0.1) is 5.69 Å². The Kier molecular flexibility index (Phi) is 6.14. The van der Waals surface area contributed by atoms with Crippen molar-refractivity contribution in [3.05, 3.63) is 88.5 Å². The molecule has 0 aliphatic rings. The van der Waals surface area contributed by atoms with Crippen molar-refractivity contribution in [1.82, 2.24) is 0 Å². The van der Waals surface area contributed by atoms with E-state index in [2.05, 4.69) is 90.1 Å². The van der Waals surface area contributed by atoms with Crippen LogP contribution in [-0.2, 0) is 5.41 Å². The zero-order chi connectivity index (χ0) is 18.4. The Balaban J connectivity index is 2.52. The molecule has 2 aromatic rings. The van der Waals surface area contributed by atoms with Crippen molar-refractivity contribution in [1.29, 1.82) is 0 Å². The van der Waals surface area contributed by atoms with Crippen LogP contribution >= 0.6 is 0 Å². The normalized spacial score (nSPS) is 13.5. The highest BCUT2D eigenvalue weighted by molar-refractivity contribution is 5.86. The molecule has 0 fully saturated rings. The molecule has 25 heavy (non-hydrogen) atoms. The third-order valence-corrected chi connectivity index (χ3v) is 4.74. The smallest absolute Gasteiger partial charge is 0.0658 e. The first-order chi connectivity index (χ1) is 11.9. The molecule has 0 aliphatic heterocycles. The van der Waals surface area contributed by atoms with E-state index in [-0.39, 0.29) is 5.41 Å². The van der Waals surface area contributed by atoms with Crippen molar-refractivity contribution in [2.45, 2.75) is 47.0 Å². The third-order valence-electron chi connectivity index (χ3n) is 4.74. The van der Waals surface area contributed by atoms with Crippen LogP contribution in [0.2, 0.25) is 0 Å². The molecule has 1 heteroatoms. The Hall–Kier alpha value is -2.41. The molecule has 130 valence electrons. The van der Waals surface area contributed by atoms with Crippen molar-refractivity contribution in [3.63, 3.8) is 0 Å². The SMILES string of the molecule is C/C=C\C(C)=C(/C=Nc1ccccc1C)C(C)(C)c1ccc(C)cc1. The number of benzene rings is 2. The van der Waals surface area contributed by atoms with E-state index in [0.29, 0.717) is 0 Å². The van der Waals surface area contributed by atoms with Crippen LogP contribution in [0.4, 0.5) is 5.69 Å². The average molecular weight is 332 g/mol. The maximum absolute atomic E-state index is 4.80. The lowest BCUT2D eigenvalue weighted by Crippen LogP contribution is -2.22. The van der Waals surface area contributed by atoms with E-state index in [0.717, 1.165) is 5.69 Å². The highest BCUT2D eigenvalue weighted by atomic mass is 14.7. The van der Waals surface area contributed by atoms with Crippen molar-refractivity contribution in [3.8, 4) is 0 Å². The van der Waals surface area contributed by atoms with Gasteiger partial charge in [-0.25, -0.2) is 0 Å². The molecule has 0 saturated heterocycles. The van der Waals surface area contributed by atoms with Crippen LogP contribution in [-0.4, -0.2) is 6.21 Å². The Morgan fingerprint density at radius 1 is 0.960 bits per heavy atom. The van der Waals surface area contributed by atoms with Crippen LogP contribution in [0.3, 0.4) is 0 Å². The van der Waals surface area contributed by atoms with E-state index in [1.54, 1.807) is 0 Å². The number of hydrogen-bond donors (Lipinski definition) is 0. The van der Waals surface area contributed by atoms with E-state index < -0.39 is 0 Å². The van der Waals surface area contributed by atoms with Gasteiger partial charge in [0.1, 0.15) is 0 Å². The minimum absolute atomic E-state index is 0.122. The maximum Gasteiger partial charge on any atom is 0.0658 e. The fraction of sp³-hybridized carbons (Fsp3) is 0.292. The van der Waals surface area contributed by atoms with Gasteiger partial charge >= 0.3 is 0 Å². The molecule has 0 atom stereocenters. The van der Waals surface area contributed by atoms with Crippen LogP contribution in [0.5, 0.6) is 0 Å². The zero-order valence-corrected chi connectivity index (χ0v) is 16.3. The Morgan fingerprint density at radius 2 is 1.60 bits per heavy atom. The van der Waals surface area contributed by atoms with Crippen LogP contribution < -0.4 is 0 Å². The molecule has 0 aliphatic carbocycles. The molecule has 2 aromatic carbocycles. The quantitative estimate of drug-likeness (QED) is 0.418. The average Bonchev–Trinajstić information content (AvgIpc) is 2.57. The molecule has 0 amide bonds. The largest absolute Gasteiger partial charge is 0.256 e. The second-order valence-corrected chi connectivity index (χ2v) is 7.13. The lowest BCUT2D eigenvalue weighted by Gasteiger charge is -2.28. The molecule has 0 bridgehead atoms. The van der Waals surface area contributed by atoms with Crippen molar-refractivity contribution in [2.24, 2.45) is 4.99 Å². The second kappa shape index (κ2) is 8.11. The lowest BCUT2D eigenvalue weighted by molar-refractivity contribution is 0.645. The van der Waals surface area contributed by atoms with Gasteiger partial charge in [0.25, 0.3) is 0 Å². The molecule has 0 radical (unpaired) electrons. The molecule has 2 rings (SSSR count). The summed E-state index contributed by atoms with van der Waals surface area (Å²) in [5, 5.41) is 0. The van der Waals surface area contributed by atoms with Gasteiger partial charge in [0.2, 0.25) is 0 Å². The predicted octanol–water partition coefficient (Wildman–Crippen LogP) is 6.88. The summed E-state index contributed by atoms with van der Waals surface area (Å²) >= 11 is 0. The van der Waals surface area contributed by atoms with Crippen LogP contribution in [0.15, 0.2) is 76.8 Å². The standard InChI is InChI=1S/C24H29N/c1-7-10-19(3)22(17-25-23-12-9-8-11-20(23)4)24(5,6)21-15-13-18(2)14-16-21/h7-17H,1-6H3/b10-7-,22-19+,25-17?. The monoisotopic (exact) mass is 331 g/mol. The fourth-order valence-corrected chi connectivity index (χ4v) is 3.06. The number of para-hydroxylation sites is 1. The lowest BCUT2D eigenvalue weighted by atomic mass is 9.76. The second-order valence-electron chi connectivity index (χ2n) is 7.13. The van der Waals surface area contributed by atoms with Gasteiger partial charge in [-0.1, -0.05) is 74.0 Å². The summed E-state index contributed by atoms with van der Waals surface area (Å²) in [5.74, 6) is 0. The first-order valence-electron chi connectivity index (χ1n) is 8.87. The van der Waals surface area contributed by atoms with Crippen LogP contribution in [0, 0.1) is 13.8 Å². The van der Waals surface area contributed by atoms with Gasteiger partial charge in [0.15, 0.2) is 0 Å². The van der Waals surface area contributed by atoms with Gasteiger partial charge in [-0.15, -0.1) is 0 Å². The molecule has 0 heterocycles. The highest BCUT2D eigenvalue weighted by Gasteiger charge is 2.26. The van der Waals surface area contributed by atoms with E-state index in [1.165, 1.54) is 27.8 Å². The van der Waals surface area contributed by atoms with Crippen LogP contribution in [0.1, 0.15) is 44.4 Å². The minimum Gasteiger partial charge on any atom is -0.256 e. The van der Waals surface area contributed by atoms with Gasteiger partial charge in [-0.3, -0.25) is 4.99 Å². The Labute approximate surface area is 152 Å². The van der Waals surface area contributed by atoms with Gasteiger partial charge in [0, 0.05) is 11.6 Å². The van der Waals surface area contributed by atoms with Crippen molar-refractivity contribution >= 4 is 11.9 Å². The summed E-state index contributed by atoms with van der Waals surface area (Å²) in [6.07, 6.45) is 6.29. The molecular formula is C24H29N. The number of hydrogen-bond acceptors (Lipinski definition) is 1. The summed E-state index contributed by atoms with van der Waals surface area (Å²) in [4.78, 5) is 4.80. The first-order valence-corrected chi connectivity index (χ1v) is 8.87. The molecule has 0 unspecified atom stereocenters. The predicted molar refractivity (Wildman–Crippen MR) is 111 cm³/mol. The van der Waals surface area contributed by atoms with Gasteiger partial charge < -0.3 is 0 Å². The van der Waals surface area contributed by atoms with Crippen molar-refractivity contribution in [2.75, 3.05) is 0 Å². The molecule has 0 saturated carbocycles. The molecule has 0 N–H and O–H groups in total. The van der Waals surface area contributed by atoms with Gasteiger partial charge in [-0.05, 0) is 56.0 Å². The number of nitrogens with zero attached hydrogens (tertiary/aromatic N) is 1. The summed E-state index contributed by atoms with van der Waals surface area (Å²) < 4.78 is 0. The molecule has 1 nitrogen and oxygen atoms in total. The summed E-state index contributed by atoms with van der Waals surface area (Å²) in [5.41, 5.74) is 7.15. The number of aryl methyl sites for hydroxylation is 2. The first kappa shape index (κ1) is 18.9. The summed E-state index contributed by atoms with van der Waals surface area (Å²) in [6, 6.07) is 17.0. The van der Waals surface area contributed by atoms with Crippen molar-refractivity contribution < 1.29 is 0 Å². The van der Waals surface area contributed by atoms with Crippen LogP contribution in [0.25, 0.3) is 0 Å².